The highest BCUT2D eigenvalue weighted by atomic mass is 16.7. The van der Waals surface area contributed by atoms with Crippen LogP contribution in [0.15, 0.2) is 36.4 Å². The largest absolute Gasteiger partial charge is 0.493 e. The molecule has 8 nitrogen and oxygen atoms in total. The Balaban J connectivity index is 1.66. The number of methoxy groups -OCH3 is 2. The van der Waals surface area contributed by atoms with Crippen molar-refractivity contribution >= 4 is 23.2 Å². The standard InChI is InChI=1S/C17H16N2O6/c1-22-12-5-3-10(7-14(12)23-2)18-16(20)17(21)19-11-4-6-13-15(8-11)25-9-24-13/h3-8H,9H2,1-2H3,(H,18,20)(H,19,21). The summed E-state index contributed by atoms with van der Waals surface area (Å²) in [7, 11) is 2.99. The third-order valence-electron chi connectivity index (χ3n) is 3.48. The van der Waals surface area contributed by atoms with E-state index in [1.807, 2.05) is 0 Å². The second-order valence-corrected chi connectivity index (χ2v) is 5.05. The zero-order chi connectivity index (χ0) is 17.8. The number of hydrogen-bond acceptors (Lipinski definition) is 6. The van der Waals surface area contributed by atoms with E-state index in [4.69, 9.17) is 18.9 Å². The van der Waals surface area contributed by atoms with Gasteiger partial charge in [-0.15, -0.1) is 0 Å². The third-order valence-corrected chi connectivity index (χ3v) is 3.48. The zero-order valence-electron chi connectivity index (χ0n) is 13.6. The van der Waals surface area contributed by atoms with Crippen LogP contribution in [0.1, 0.15) is 0 Å². The second kappa shape index (κ2) is 7.00. The van der Waals surface area contributed by atoms with Crippen molar-refractivity contribution < 1.29 is 28.5 Å². The van der Waals surface area contributed by atoms with Gasteiger partial charge in [0, 0.05) is 23.5 Å². The number of nitrogens with one attached hydrogen (secondary N) is 2. The van der Waals surface area contributed by atoms with Crippen molar-refractivity contribution in [1.29, 1.82) is 0 Å². The Morgan fingerprint density at radius 3 is 2.12 bits per heavy atom. The van der Waals surface area contributed by atoms with Gasteiger partial charge < -0.3 is 29.6 Å². The van der Waals surface area contributed by atoms with Gasteiger partial charge in [0.2, 0.25) is 6.79 Å². The van der Waals surface area contributed by atoms with Crippen LogP contribution in [0.5, 0.6) is 23.0 Å². The molecule has 0 fully saturated rings. The topological polar surface area (TPSA) is 95.1 Å². The molecule has 1 aliphatic heterocycles. The predicted molar refractivity (Wildman–Crippen MR) is 89.4 cm³/mol. The molecule has 3 rings (SSSR count). The first kappa shape index (κ1) is 16.4. The molecule has 0 unspecified atom stereocenters. The minimum absolute atomic E-state index is 0.131. The van der Waals surface area contributed by atoms with Gasteiger partial charge in [-0.05, 0) is 24.3 Å². The smallest absolute Gasteiger partial charge is 0.314 e. The Bertz CT molecular complexity index is 821. The predicted octanol–water partition coefficient (Wildman–Crippen LogP) is 2.01. The molecule has 0 spiro atoms. The molecule has 0 atom stereocenters. The number of ether oxygens (including phenoxy) is 4. The normalized spacial score (nSPS) is 11.6. The maximum atomic E-state index is 12.1. The van der Waals surface area contributed by atoms with E-state index in [1.165, 1.54) is 14.2 Å². The monoisotopic (exact) mass is 344 g/mol. The molecule has 130 valence electrons. The Labute approximate surface area is 143 Å². The molecule has 2 aromatic rings. The van der Waals surface area contributed by atoms with Gasteiger partial charge in [-0.3, -0.25) is 9.59 Å². The van der Waals surface area contributed by atoms with E-state index in [1.54, 1.807) is 36.4 Å². The highest BCUT2D eigenvalue weighted by Crippen LogP contribution is 2.34. The van der Waals surface area contributed by atoms with Crippen LogP contribution in [0.2, 0.25) is 0 Å². The van der Waals surface area contributed by atoms with Gasteiger partial charge >= 0.3 is 11.8 Å². The molecular formula is C17H16N2O6. The van der Waals surface area contributed by atoms with Crippen LogP contribution < -0.4 is 29.6 Å². The van der Waals surface area contributed by atoms with E-state index in [0.29, 0.717) is 34.4 Å². The summed E-state index contributed by atoms with van der Waals surface area (Å²) in [5.41, 5.74) is 0.834. The summed E-state index contributed by atoms with van der Waals surface area (Å²) in [6, 6.07) is 9.66. The Kier molecular flexibility index (Phi) is 4.60. The van der Waals surface area contributed by atoms with Crippen LogP contribution in [-0.2, 0) is 9.59 Å². The van der Waals surface area contributed by atoms with Crippen molar-refractivity contribution in [2.75, 3.05) is 31.6 Å². The van der Waals surface area contributed by atoms with Crippen LogP contribution in [0.25, 0.3) is 0 Å². The zero-order valence-corrected chi connectivity index (χ0v) is 13.6. The lowest BCUT2D eigenvalue weighted by molar-refractivity contribution is -0.133. The molecule has 0 radical (unpaired) electrons. The number of hydrogen-bond donors (Lipinski definition) is 2. The van der Waals surface area contributed by atoms with Crippen LogP contribution in [-0.4, -0.2) is 32.8 Å². The molecule has 1 aliphatic rings. The summed E-state index contributed by atoms with van der Waals surface area (Å²) in [5.74, 6) is 0.436. The lowest BCUT2D eigenvalue weighted by atomic mass is 10.2. The first-order valence-corrected chi connectivity index (χ1v) is 7.34. The Morgan fingerprint density at radius 1 is 0.840 bits per heavy atom. The van der Waals surface area contributed by atoms with E-state index < -0.39 is 11.8 Å². The first-order chi connectivity index (χ1) is 12.1. The van der Waals surface area contributed by atoms with Gasteiger partial charge in [-0.1, -0.05) is 0 Å². The van der Waals surface area contributed by atoms with Crippen LogP contribution in [0.4, 0.5) is 11.4 Å². The van der Waals surface area contributed by atoms with Crippen LogP contribution in [0.3, 0.4) is 0 Å². The summed E-state index contributed by atoms with van der Waals surface area (Å²) in [6.07, 6.45) is 0. The van der Waals surface area contributed by atoms with E-state index in [2.05, 4.69) is 10.6 Å². The highest BCUT2D eigenvalue weighted by molar-refractivity contribution is 6.43. The molecule has 1 heterocycles. The lowest BCUT2D eigenvalue weighted by Crippen LogP contribution is -2.29. The lowest BCUT2D eigenvalue weighted by Gasteiger charge is -2.10. The molecule has 0 aromatic heterocycles. The van der Waals surface area contributed by atoms with Crippen molar-refractivity contribution in [1.82, 2.24) is 0 Å². The number of fused-ring (bicyclic) bond motifs is 1. The first-order valence-electron chi connectivity index (χ1n) is 7.34. The maximum Gasteiger partial charge on any atom is 0.314 e. The van der Waals surface area contributed by atoms with Crippen LogP contribution in [0, 0.1) is 0 Å². The fourth-order valence-electron chi connectivity index (χ4n) is 2.26. The molecule has 2 amide bonds. The summed E-state index contributed by atoms with van der Waals surface area (Å²) >= 11 is 0. The Morgan fingerprint density at radius 2 is 1.44 bits per heavy atom. The molecule has 25 heavy (non-hydrogen) atoms. The molecule has 0 saturated heterocycles. The molecule has 8 heteroatoms. The molecule has 2 aromatic carbocycles. The minimum atomic E-state index is -0.815. The summed E-state index contributed by atoms with van der Waals surface area (Å²) in [5, 5.41) is 5.00. The summed E-state index contributed by atoms with van der Waals surface area (Å²) < 4.78 is 20.7. The average Bonchev–Trinajstić information content (AvgIpc) is 3.09. The van der Waals surface area contributed by atoms with Crippen molar-refractivity contribution in [2.45, 2.75) is 0 Å². The molecule has 2 N–H and O–H groups in total. The highest BCUT2D eigenvalue weighted by Gasteiger charge is 2.18. The number of carbonyl (C=O) groups excluding carboxylic acids is 2. The SMILES string of the molecule is COc1ccc(NC(=O)C(=O)Nc2ccc3c(c2)OCO3)cc1OC. The van der Waals surface area contributed by atoms with Gasteiger partial charge in [0.05, 0.1) is 14.2 Å². The Hall–Kier alpha value is -3.42. The van der Waals surface area contributed by atoms with Gasteiger partial charge in [0.1, 0.15) is 0 Å². The number of anilines is 2. The van der Waals surface area contributed by atoms with E-state index in [9.17, 15) is 9.59 Å². The fraction of sp³-hybridized carbons (Fsp3) is 0.176. The number of carbonyl (C=O) groups is 2. The second-order valence-electron chi connectivity index (χ2n) is 5.05. The summed E-state index contributed by atoms with van der Waals surface area (Å²) in [4.78, 5) is 24.1. The molecule has 0 aliphatic carbocycles. The van der Waals surface area contributed by atoms with E-state index >= 15 is 0 Å². The van der Waals surface area contributed by atoms with Gasteiger partial charge in [-0.25, -0.2) is 0 Å². The quantitative estimate of drug-likeness (QED) is 0.824. The van der Waals surface area contributed by atoms with Crippen molar-refractivity contribution in [3.63, 3.8) is 0 Å². The van der Waals surface area contributed by atoms with Gasteiger partial charge in [0.15, 0.2) is 23.0 Å². The molecule has 0 bridgehead atoms. The van der Waals surface area contributed by atoms with E-state index in [0.717, 1.165) is 0 Å². The minimum Gasteiger partial charge on any atom is -0.493 e. The van der Waals surface area contributed by atoms with Crippen molar-refractivity contribution in [3.05, 3.63) is 36.4 Å². The van der Waals surface area contributed by atoms with Crippen LogP contribution >= 0.6 is 0 Å². The summed E-state index contributed by atoms with van der Waals surface area (Å²) in [6.45, 7) is 0.131. The molecule has 0 saturated carbocycles. The number of benzene rings is 2. The number of amides is 2. The third kappa shape index (κ3) is 3.57. The maximum absolute atomic E-state index is 12.1. The molecular weight excluding hydrogens is 328 g/mol. The van der Waals surface area contributed by atoms with Crippen molar-refractivity contribution in [3.8, 4) is 23.0 Å². The average molecular weight is 344 g/mol. The fourth-order valence-corrected chi connectivity index (χ4v) is 2.26. The van der Waals surface area contributed by atoms with Gasteiger partial charge in [-0.2, -0.15) is 0 Å². The number of rotatable bonds is 4. The van der Waals surface area contributed by atoms with Crippen molar-refractivity contribution in [2.24, 2.45) is 0 Å². The van der Waals surface area contributed by atoms with Gasteiger partial charge in [0.25, 0.3) is 0 Å². The van der Waals surface area contributed by atoms with E-state index in [-0.39, 0.29) is 6.79 Å².